The SMILES string of the molecule is CC(=O)c1c(C)cc2cc(C(=O)O)cc(O[C@H]3O[C@H]4[C@]5(CC[C@H]6CCC[C@H](C=CO5)[C@@]64O)[C@H](O)[C@H]3O)c2c1O. The third-order valence-electron chi connectivity index (χ3n) is 9.25. The van der Waals surface area contributed by atoms with Crippen molar-refractivity contribution in [1.82, 2.24) is 0 Å². The summed E-state index contributed by atoms with van der Waals surface area (Å²) in [4.78, 5) is 24.2. The summed E-state index contributed by atoms with van der Waals surface area (Å²) in [7, 11) is 0. The molecule has 1 saturated heterocycles. The van der Waals surface area contributed by atoms with E-state index in [1.54, 1.807) is 19.1 Å². The van der Waals surface area contributed by atoms with E-state index in [0.29, 0.717) is 30.2 Å². The van der Waals surface area contributed by atoms with Gasteiger partial charge in [0, 0.05) is 5.92 Å². The Kier molecular flexibility index (Phi) is 5.96. The first-order chi connectivity index (χ1) is 18.5. The van der Waals surface area contributed by atoms with Gasteiger partial charge in [0.25, 0.3) is 0 Å². The molecule has 8 atom stereocenters. The number of hydrogen-bond donors (Lipinski definition) is 5. The summed E-state index contributed by atoms with van der Waals surface area (Å²) in [6, 6.07) is 4.10. The van der Waals surface area contributed by atoms with Crippen molar-refractivity contribution >= 4 is 22.5 Å². The lowest BCUT2D eigenvalue weighted by Gasteiger charge is -2.61. The van der Waals surface area contributed by atoms with Crippen LogP contribution in [0, 0.1) is 18.8 Å². The van der Waals surface area contributed by atoms with Crippen molar-refractivity contribution in [3.63, 3.8) is 0 Å². The molecule has 0 radical (unpaired) electrons. The number of aliphatic hydroxyl groups is 3. The van der Waals surface area contributed by atoms with E-state index >= 15 is 0 Å². The molecule has 39 heavy (non-hydrogen) atoms. The molecule has 5 N–H and O–H groups in total. The molecule has 2 aliphatic carbocycles. The number of phenols is 1. The quantitative estimate of drug-likeness (QED) is 0.365. The number of ether oxygens (including phenoxy) is 3. The summed E-state index contributed by atoms with van der Waals surface area (Å²) in [5.41, 5.74) is -2.42. The largest absolute Gasteiger partial charge is 0.506 e. The normalized spacial score (nSPS) is 36.9. The van der Waals surface area contributed by atoms with Crippen LogP contribution in [0.4, 0.5) is 0 Å². The molecule has 2 saturated carbocycles. The smallest absolute Gasteiger partial charge is 0.335 e. The van der Waals surface area contributed by atoms with Crippen molar-refractivity contribution in [2.75, 3.05) is 0 Å². The molecule has 0 amide bonds. The van der Waals surface area contributed by atoms with Gasteiger partial charge in [0.1, 0.15) is 35.4 Å². The predicted molar refractivity (Wildman–Crippen MR) is 137 cm³/mol. The van der Waals surface area contributed by atoms with Gasteiger partial charge in [-0.05, 0) is 74.6 Å². The van der Waals surface area contributed by atoms with E-state index in [4.69, 9.17) is 14.2 Å². The maximum Gasteiger partial charge on any atom is 0.335 e. The number of carboxylic acids is 1. The fourth-order valence-corrected chi connectivity index (χ4v) is 7.44. The van der Waals surface area contributed by atoms with Gasteiger partial charge in [-0.15, -0.1) is 0 Å². The van der Waals surface area contributed by atoms with E-state index in [-0.39, 0.29) is 34.1 Å². The topological polar surface area (TPSA) is 163 Å². The summed E-state index contributed by atoms with van der Waals surface area (Å²) in [5.74, 6) is -2.58. The van der Waals surface area contributed by atoms with E-state index in [1.807, 2.05) is 0 Å². The molecule has 0 aromatic heterocycles. The Balaban J connectivity index is 1.46. The van der Waals surface area contributed by atoms with E-state index in [2.05, 4.69) is 0 Å². The Morgan fingerprint density at radius 2 is 1.90 bits per heavy atom. The van der Waals surface area contributed by atoms with Gasteiger partial charge in [0.05, 0.1) is 22.8 Å². The van der Waals surface area contributed by atoms with Crippen molar-refractivity contribution in [3.8, 4) is 11.5 Å². The molecule has 2 aliphatic heterocycles. The van der Waals surface area contributed by atoms with Gasteiger partial charge in [0.15, 0.2) is 11.4 Å². The average Bonchev–Trinajstić information content (AvgIpc) is 2.99. The Morgan fingerprint density at radius 3 is 2.62 bits per heavy atom. The second-order valence-corrected chi connectivity index (χ2v) is 11.4. The van der Waals surface area contributed by atoms with Gasteiger partial charge in [-0.3, -0.25) is 4.79 Å². The van der Waals surface area contributed by atoms with Crippen molar-refractivity contribution in [2.24, 2.45) is 11.8 Å². The van der Waals surface area contributed by atoms with Gasteiger partial charge < -0.3 is 39.7 Å². The number of aliphatic hydroxyl groups excluding tert-OH is 2. The number of Topliss-reactive ketones (excluding diaryl/α,β-unsaturated/α-hetero) is 1. The molecule has 4 aliphatic rings. The van der Waals surface area contributed by atoms with Crippen LogP contribution in [0.25, 0.3) is 10.8 Å². The molecule has 10 nitrogen and oxygen atoms in total. The minimum atomic E-state index is -1.64. The number of benzene rings is 2. The number of carbonyl (C=O) groups is 2. The van der Waals surface area contributed by atoms with Crippen molar-refractivity contribution in [2.45, 2.75) is 81.8 Å². The van der Waals surface area contributed by atoms with E-state index in [9.17, 15) is 35.1 Å². The lowest BCUT2D eigenvalue weighted by molar-refractivity contribution is -0.363. The monoisotopic (exact) mass is 540 g/mol. The number of aromatic carboxylic acids is 1. The highest BCUT2D eigenvalue weighted by Gasteiger charge is 2.70. The van der Waals surface area contributed by atoms with Gasteiger partial charge in [-0.2, -0.15) is 0 Å². The van der Waals surface area contributed by atoms with Crippen LogP contribution in [-0.2, 0) is 9.47 Å². The summed E-state index contributed by atoms with van der Waals surface area (Å²) in [5, 5.41) is 56.0. The van der Waals surface area contributed by atoms with Gasteiger partial charge in [-0.25, -0.2) is 4.79 Å². The van der Waals surface area contributed by atoms with Crippen LogP contribution in [0.1, 0.15) is 65.3 Å². The summed E-state index contributed by atoms with van der Waals surface area (Å²) < 4.78 is 18.4. The van der Waals surface area contributed by atoms with Crippen LogP contribution in [0.5, 0.6) is 11.5 Å². The number of carbonyl (C=O) groups excluding carboxylic acids is 1. The third kappa shape index (κ3) is 3.62. The van der Waals surface area contributed by atoms with Crippen LogP contribution in [0.15, 0.2) is 30.5 Å². The molecule has 10 heteroatoms. The van der Waals surface area contributed by atoms with Crippen molar-refractivity contribution in [3.05, 3.63) is 47.2 Å². The molecule has 0 spiro atoms. The molecule has 0 unspecified atom stereocenters. The minimum Gasteiger partial charge on any atom is -0.506 e. The number of carboxylic acid groups (broad SMARTS) is 1. The first-order valence-corrected chi connectivity index (χ1v) is 13.3. The van der Waals surface area contributed by atoms with Crippen LogP contribution in [0.2, 0.25) is 0 Å². The molecule has 2 aromatic carbocycles. The fourth-order valence-electron chi connectivity index (χ4n) is 7.44. The molecular formula is C29H32O10. The Bertz CT molecular complexity index is 1400. The van der Waals surface area contributed by atoms with Gasteiger partial charge >= 0.3 is 5.97 Å². The number of hydrogen-bond acceptors (Lipinski definition) is 9. The number of phenolic OH excluding ortho intramolecular Hbond substituents is 1. The molecule has 3 fully saturated rings. The standard InChI is InChI=1S/C29H32O10/c1-13-10-15-11-16(25(34)35)12-19(21(15)22(31)20(13)14(2)30)38-26-23(32)24(33)28-8-6-17-4-3-5-18(7-9-37-28)29(17,36)27(28)39-26/h7,9-12,17-18,23-24,26-27,31-33,36H,3-6,8H2,1-2H3,(H,34,35)/t17-,18-,23-,24-,26+,27+,28+,29+/m1/s1. The number of aryl methyl sites for hydroxylation is 1. The van der Waals surface area contributed by atoms with E-state index in [1.165, 1.54) is 25.3 Å². The fraction of sp³-hybridized carbons (Fsp3) is 0.517. The molecular weight excluding hydrogens is 508 g/mol. The second kappa shape index (κ2) is 8.92. The number of fused-ring (bicyclic) bond motifs is 1. The second-order valence-electron chi connectivity index (χ2n) is 11.4. The highest BCUT2D eigenvalue weighted by molar-refractivity contribution is 6.08. The molecule has 2 aromatic rings. The Hall–Kier alpha value is -3.18. The highest BCUT2D eigenvalue weighted by atomic mass is 16.7. The Labute approximate surface area is 224 Å². The zero-order valence-electron chi connectivity index (χ0n) is 21.7. The van der Waals surface area contributed by atoms with E-state index in [0.717, 1.165) is 12.8 Å². The highest BCUT2D eigenvalue weighted by Crippen LogP contribution is 2.57. The van der Waals surface area contributed by atoms with Crippen LogP contribution in [0.3, 0.4) is 0 Å². The maximum absolute atomic E-state index is 12.3. The lowest BCUT2D eigenvalue weighted by Crippen LogP contribution is -2.77. The van der Waals surface area contributed by atoms with E-state index < -0.39 is 53.3 Å². The summed E-state index contributed by atoms with van der Waals surface area (Å²) >= 11 is 0. The molecule has 2 bridgehead atoms. The number of aromatic hydroxyl groups is 1. The molecule has 6 rings (SSSR count). The number of rotatable bonds is 4. The first kappa shape index (κ1) is 26.1. The predicted octanol–water partition coefficient (Wildman–Crippen LogP) is 2.80. The summed E-state index contributed by atoms with van der Waals surface area (Å²) in [6.07, 6.45) is 0.907. The van der Waals surface area contributed by atoms with Crippen molar-refractivity contribution in [1.29, 1.82) is 0 Å². The minimum absolute atomic E-state index is 0.0550. The molecule has 208 valence electrons. The zero-order chi connectivity index (χ0) is 27.9. The average molecular weight is 541 g/mol. The maximum atomic E-state index is 12.3. The van der Waals surface area contributed by atoms with Crippen LogP contribution < -0.4 is 4.74 Å². The lowest BCUT2D eigenvalue weighted by atomic mass is 9.55. The third-order valence-corrected chi connectivity index (χ3v) is 9.25. The van der Waals surface area contributed by atoms with Crippen LogP contribution in [-0.4, -0.2) is 73.1 Å². The van der Waals surface area contributed by atoms with Crippen LogP contribution >= 0.6 is 0 Å². The zero-order valence-corrected chi connectivity index (χ0v) is 21.7. The first-order valence-electron chi connectivity index (χ1n) is 13.3. The Morgan fingerprint density at radius 1 is 1.13 bits per heavy atom. The van der Waals surface area contributed by atoms with Gasteiger partial charge in [0.2, 0.25) is 6.29 Å². The molecule has 2 heterocycles. The number of ketones is 1. The van der Waals surface area contributed by atoms with Gasteiger partial charge in [-0.1, -0.05) is 12.5 Å². The summed E-state index contributed by atoms with van der Waals surface area (Å²) in [6.45, 7) is 2.93. The van der Waals surface area contributed by atoms with Crippen molar-refractivity contribution < 1.29 is 49.3 Å².